The van der Waals surface area contributed by atoms with Crippen LogP contribution in [0.2, 0.25) is 0 Å². The van der Waals surface area contributed by atoms with Crippen LogP contribution in [-0.2, 0) is 18.0 Å². The Labute approximate surface area is 175 Å². The summed E-state index contributed by atoms with van der Waals surface area (Å²) in [5.74, 6) is 0.165. The summed E-state index contributed by atoms with van der Waals surface area (Å²) in [6.45, 7) is 0. The molecular weight excluding hydrogens is 412 g/mol. The molecule has 31 heavy (non-hydrogen) atoms. The number of aromatic nitrogens is 3. The van der Waals surface area contributed by atoms with Crippen LogP contribution in [0.3, 0.4) is 0 Å². The quantitative estimate of drug-likeness (QED) is 0.544. The van der Waals surface area contributed by atoms with Crippen molar-refractivity contribution in [1.29, 1.82) is 5.26 Å². The average Bonchev–Trinajstić information content (AvgIpc) is 3.42. The lowest BCUT2D eigenvalue weighted by Crippen LogP contribution is -2.46. The van der Waals surface area contributed by atoms with E-state index in [4.69, 9.17) is 4.74 Å². The Balaban J connectivity index is 1.42. The van der Waals surface area contributed by atoms with Gasteiger partial charge in [-0.25, -0.2) is 4.39 Å². The molecule has 5 rings (SSSR count). The second-order valence-corrected chi connectivity index (χ2v) is 8.36. The fraction of sp³-hybridized carbons (Fsp3) is 0.409. The number of hydrogen-bond donors (Lipinski definition) is 0. The molecule has 0 amide bonds. The van der Waals surface area contributed by atoms with Crippen molar-refractivity contribution in [2.75, 3.05) is 0 Å². The molecule has 1 aromatic carbocycles. The number of fused-ring (bicyclic) bond motifs is 1. The molecule has 0 bridgehead atoms. The van der Waals surface area contributed by atoms with Gasteiger partial charge in [-0.15, -0.1) is 10.2 Å². The van der Waals surface area contributed by atoms with Gasteiger partial charge in [0.2, 0.25) is 0 Å². The first-order chi connectivity index (χ1) is 14.8. The van der Waals surface area contributed by atoms with E-state index in [1.54, 1.807) is 6.07 Å². The summed E-state index contributed by atoms with van der Waals surface area (Å²) in [5, 5.41) is 17.4. The van der Waals surface area contributed by atoms with Gasteiger partial charge in [0.1, 0.15) is 29.1 Å². The Bertz CT molecular complexity index is 1190. The molecule has 0 saturated heterocycles. The number of ether oxygens (including phenoxy) is 1. The zero-order chi connectivity index (χ0) is 21.8. The predicted octanol–water partition coefficient (Wildman–Crippen LogP) is 4.84. The van der Waals surface area contributed by atoms with Crippen molar-refractivity contribution >= 4 is 5.65 Å². The van der Waals surface area contributed by atoms with E-state index in [1.165, 1.54) is 34.9 Å². The van der Waals surface area contributed by atoms with Gasteiger partial charge in [0.25, 0.3) is 0 Å². The van der Waals surface area contributed by atoms with E-state index in [0.717, 1.165) is 12.8 Å². The molecule has 2 fully saturated rings. The van der Waals surface area contributed by atoms with Gasteiger partial charge >= 0.3 is 6.18 Å². The van der Waals surface area contributed by atoms with Gasteiger partial charge in [0.15, 0.2) is 5.65 Å². The van der Waals surface area contributed by atoms with Crippen LogP contribution in [-0.4, -0.2) is 20.7 Å². The molecule has 0 radical (unpaired) electrons. The van der Waals surface area contributed by atoms with E-state index in [-0.39, 0.29) is 24.2 Å². The van der Waals surface area contributed by atoms with Crippen LogP contribution in [0.25, 0.3) is 5.65 Å². The first-order valence-corrected chi connectivity index (χ1v) is 10.1. The summed E-state index contributed by atoms with van der Waals surface area (Å²) in [6.07, 6.45) is -0.726. The highest BCUT2D eigenvalue weighted by Crippen LogP contribution is 2.47. The molecule has 9 heteroatoms. The second kappa shape index (κ2) is 6.94. The van der Waals surface area contributed by atoms with Gasteiger partial charge in [-0.3, -0.25) is 4.40 Å². The van der Waals surface area contributed by atoms with Gasteiger partial charge in [-0.2, -0.15) is 18.4 Å². The summed E-state index contributed by atoms with van der Waals surface area (Å²) < 4.78 is 62.4. The Morgan fingerprint density at radius 2 is 1.97 bits per heavy atom. The molecular formula is C22H18F4N4O. The van der Waals surface area contributed by atoms with Crippen molar-refractivity contribution in [1.82, 2.24) is 14.6 Å². The second-order valence-electron chi connectivity index (χ2n) is 8.36. The van der Waals surface area contributed by atoms with Crippen LogP contribution >= 0.6 is 0 Å². The van der Waals surface area contributed by atoms with E-state index in [9.17, 15) is 22.8 Å². The zero-order valence-corrected chi connectivity index (χ0v) is 16.4. The molecule has 2 heterocycles. The van der Waals surface area contributed by atoms with Crippen LogP contribution in [0.5, 0.6) is 5.75 Å². The van der Waals surface area contributed by atoms with Crippen LogP contribution < -0.4 is 4.74 Å². The monoisotopic (exact) mass is 430 g/mol. The first kappa shape index (κ1) is 19.8. The van der Waals surface area contributed by atoms with Crippen LogP contribution in [0.4, 0.5) is 17.6 Å². The molecule has 0 N–H and O–H groups in total. The maximum Gasteiger partial charge on any atom is 0.423 e. The summed E-state index contributed by atoms with van der Waals surface area (Å²) in [5.41, 5.74) is -1.72. The maximum atomic E-state index is 13.9. The summed E-state index contributed by atoms with van der Waals surface area (Å²) in [6, 6.07) is 9.18. The molecule has 2 aromatic heterocycles. The summed E-state index contributed by atoms with van der Waals surface area (Å²) in [7, 11) is 0. The molecule has 160 valence electrons. The predicted molar refractivity (Wildman–Crippen MR) is 102 cm³/mol. The third-order valence-electron chi connectivity index (χ3n) is 6.10. The smallest absolute Gasteiger partial charge is 0.423 e. The third-order valence-corrected chi connectivity index (χ3v) is 6.10. The molecule has 2 aliphatic carbocycles. The highest BCUT2D eigenvalue weighted by Gasteiger charge is 2.49. The van der Waals surface area contributed by atoms with E-state index < -0.39 is 29.1 Å². The fourth-order valence-electron chi connectivity index (χ4n) is 4.23. The van der Waals surface area contributed by atoms with E-state index in [0.29, 0.717) is 23.7 Å². The van der Waals surface area contributed by atoms with Gasteiger partial charge in [0.05, 0.1) is 11.5 Å². The normalized spacial score (nSPS) is 23.4. The SMILES string of the molecule is N#C[C@]1(c2cccc(F)c2)C[C@@H](Oc2ccn3c(CC4CC4)nnc3c2C(F)(F)F)C1. The van der Waals surface area contributed by atoms with Crippen LogP contribution in [0.15, 0.2) is 36.5 Å². The van der Waals surface area contributed by atoms with Crippen molar-refractivity contribution < 1.29 is 22.3 Å². The molecule has 0 spiro atoms. The topological polar surface area (TPSA) is 63.2 Å². The lowest BCUT2D eigenvalue weighted by molar-refractivity contribution is -0.138. The number of pyridine rings is 1. The maximum absolute atomic E-state index is 13.9. The number of nitriles is 1. The zero-order valence-electron chi connectivity index (χ0n) is 16.4. The molecule has 0 aliphatic heterocycles. The minimum atomic E-state index is -4.68. The number of benzene rings is 1. The van der Waals surface area contributed by atoms with Crippen molar-refractivity contribution in [2.45, 2.75) is 49.8 Å². The number of alkyl halides is 3. The van der Waals surface area contributed by atoms with Crippen molar-refractivity contribution in [3.8, 4) is 11.8 Å². The van der Waals surface area contributed by atoms with Crippen LogP contribution in [0.1, 0.15) is 42.6 Å². The van der Waals surface area contributed by atoms with Crippen LogP contribution in [0, 0.1) is 23.1 Å². The third kappa shape index (κ3) is 3.50. The first-order valence-electron chi connectivity index (χ1n) is 10.1. The lowest BCUT2D eigenvalue weighted by Gasteiger charge is -2.42. The van der Waals surface area contributed by atoms with Crippen molar-refractivity contribution in [2.24, 2.45) is 5.92 Å². The molecule has 2 saturated carbocycles. The molecule has 5 nitrogen and oxygen atoms in total. The highest BCUT2D eigenvalue weighted by molar-refractivity contribution is 5.57. The Morgan fingerprint density at radius 1 is 1.19 bits per heavy atom. The minimum absolute atomic E-state index is 0.176. The highest BCUT2D eigenvalue weighted by atomic mass is 19.4. The van der Waals surface area contributed by atoms with E-state index >= 15 is 0 Å². The summed E-state index contributed by atoms with van der Waals surface area (Å²) >= 11 is 0. The Kier molecular flexibility index (Phi) is 4.43. The Hall–Kier alpha value is -3.15. The number of hydrogen-bond acceptors (Lipinski definition) is 4. The average molecular weight is 430 g/mol. The van der Waals surface area contributed by atoms with Gasteiger partial charge in [0, 0.05) is 25.5 Å². The van der Waals surface area contributed by atoms with Gasteiger partial charge < -0.3 is 4.74 Å². The van der Waals surface area contributed by atoms with Gasteiger partial charge in [-0.05, 0) is 42.5 Å². The summed E-state index contributed by atoms with van der Waals surface area (Å²) in [4.78, 5) is 0. The van der Waals surface area contributed by atoms with E-state index in [2.05, 4.69) is 16.3 Å². The number of nitrogens with zero attached hydrogens (tertiary/aromatic N) is 4. The van der Waals surface area contributed by atoms with Gasteiger partial charge in [-0.1, -0.05) is 12.1 Å². The largest absolute Gasteiger partial charge is 0.489 e. The standard InChI is InChI=1S/C22H18F4N4O/c23-15-3-1-2-14(9-15)21(12-27)10-16(11-21)31-17-6-7-30-18(8-13-4-5-13)28-29-20(30)19(17)22(24,25)26/h1-3,6-7,9,13,16H,4-5,8,10-11H2/t16-,21+. The molecule has 0 unspecified atom stereocenters. The van der Waals surface area contributed by atoms with E-state index in [1.807, 2.05) is 0 Å². The fourth-order valence-corrected chi connectivity index (χ4v) is 4.23. The minimum Gasteiger partial charge on any atom is -0.489 e. The Morgan fingerprint density at radius 3 is 2.61 bits per heavy atom. The lowest BCUT2D eigenvalue weighted by atomic mass is 9.63. The van der Waals surface area contributed by atoms with Crippen molar-refractivity contribution in [3.05, 3.63) is 59.3 Å². The number of rotatable bonds is 5. The molecule has 2 aliphatic rings. The molecule has 0 atom stereocenters. The molecule has 3 aromatic rings. The van der Waals surface area contributed by atoms with Crippen molar-refractivity contribution in [3.63, 3.8) is 0 Å². The number of halogens is 4.